The van der Waals surface area contributed by atoms with Crippen molar-refractivity contribution in [2.75, 3.05) is 24.7 Å². The van der Waals surface area contributed by atoms with Crippen molar-refractivity contribution in [3.63, 3.8) is 0 Å². The van der Waals surface area contributed by atoms with Crippen LogP contribution in [0.4, 0.5) is 11.4 Å². The number of nitrogens with one attached hydrogen (secondary N) is 2. The van der Waals surface area contributed by atoms with Crippen LogP contribution in [-0.4, -0.2) is 21.2 Å². The van der Waals surface area contributed by atoms with E-state index in [0.29, 0.717) is 0 Å². The van der Waals surface area contributed by atoms with Gasteiger partial charge in [0.05, 0.1) is 14.2 Å². The van der Waals surface area contributed by atoms with Gasteiger partial charge < -0.3 is 19.9 Å². The number of hydrogen-bond donors (Lipinski definition) is 2. The zero-order valence-electron chi connectivity index (χ0n) is 13.1. The molecule has 0 saturated heterocycles. The van der Waals surface area contributed by atoms with E-state index in [-0.39, 0.29) is 6.98 Å². The Morgan fingerprint density at radius 3 is 1.87 bits per heavy atom. The number of methoxy groups -OCH3 is 2. The van der Waals surface area contributed by atoms with Gasteiger partial charge in [-0.3, -0.25) is 0 Å². The molecule has 1 aliphatic heterocycles. The van der Waals surface area contributed by atoms with Gasteiger partial charge in [0, 0.05) is 22.8 Å². The first-order valence-electron chi connectivity index (χ1n) is 7.56. The van der Waals surface area contributed by atoms with Crippen molar-refractivity contribution < 1.29 is 9.47 Å². The van der Waals surface area contributed by atoms with Crippen LogP contribution in [0, 0.1) is 0 Å². The Hall–Kier alpha value is -2.82. The van der Waals surface area contributed by atoms with Crippen LogP contribution in [-0.2, 0) is 0 Å². The highest BCUT2D eigenvalue weighted by atomic mass is 16.5. The van der Waals surface area contributed by atoms with Crippen molar-refractivity contribution in [3.8, 4) is 11.5 Å². The van der Waals surface area contributed by atoms with E-state index >= 15 is 0 Å². The molecule has 3 aromatic rings. The molecule has 2 N–H and O–H groups in total. The molecule has 1 heterocycles. The number of benzene rings is 3. The Bertz CT molecular complexity index is 819. The predicted octanol–water partition coefficient (Wildman–Crippen LogP) is 3.09. The summed E-state index contributed by atoms with van der Waals surface area (Å²) in [6, 6.07) is 18.5. The largest absolute Gasteiger partial charge is 0.497 e. The zero-order chi connectivity index (χ0) is 15.8. The lowest BCUT2D eigenvalue weighted by atomic mass is 9.66. The molecule has 3 aromatic carbocycles. The third-order valence-corrected chi connectivity index (χ3v) is 4.21. The fraction of sp³-hybridized carbons (Fsp3) is 0.111. The Morgan fingerprint density at radius 1 is 0.783 bits per heavy atom. The monoisotopic (exact) mass is 304 g/mol. The molecule has 0 bridgehead atoms. The first-order valence-corrected chi connectivity index (χ1v) is 7.56. The minimum Gasteiger partial charge on any atom is -0.497 e. The number of hydrogen-bond acceptors (Lipinski definition) is 4. The maximum Gasteiger partial charge on any atom is 0.406 e. The van der Waals surface area contributed by atoms with Crippen LogP contribution in [0.25, 0.3) is 10.8 Å². The fourth-order valence-electron chi connectivity index (χ4n) is 3.09. The van der Waals surface area contributed by atoms with Crippen molar-refractivity contribution >= 4 is 34.6 Å². The van der Waals surface area contributed by atoms with Crippen molar-refractivity contribution in [2.45, 2.75) is 0 Å². The molecule has 0 radical (unpaired) electrons. The lowest BCUT2D eigenvalue weighted by Crippen LogP contribution is -2.47. The van der Waals surface area contributed by atoms with Crippen molar-refractivity contribution in [3.05, 3.63) is 54.6 Å². The maximum absolute atomic E-state index is 5.38. The van der Waals surface area contributed by atoms with Crippen molar-refractivity contribution in [2.24, 2.45) is 0 Å². The molecule has 0 fully saturated rings. The average Bonchev–Trinajstić information content (AvgIpc) is 2.61. The molecule has 0 atom stereocenters. The molecule has 0 spiro atoms. The van der Waals surface area contributed by atoms with Gasteiger partial charge in [-0.2, -0.15) is 0 Å². The molecule has 0 aromatic heterocycles. The van der Waals surface area contributed by atoms with Gasteiger partial charge in [-0.05, 0) is 35.1 Å². The molecule has 4 rings (SSSR count). The second-order valence-corrected chi connectivity index (χ2v) is 5.58. The predicted molar refractivity (Wildman–Crippen MR) is 96.1 cm³/mol. The summed E-state index contributed by atoms with van der Waals surface area (Å²) >= 11 is 0. The van der Waals surface area contributed by atoms with E-state index < -0.39 is 0 Å². The topological polar surface area (TPSA) is 42.5 Å². The van der Waals surface area contributed by atoms with Gasteiger partial charge in [0.15, 0.2) is 0 Å². The van der Waals surface area contributed by atoms with E-state index in [9.17, 15) is 0 Å². The Morgan fingerprint density at radius 2 is 1.35 bits per heavy atom. The van der Waals surface area contributed by atoms with Gasteiger partial charge in [0.25, 0.3) is 0 Å². The molecule has 0 aliphatic carbocycles. The number of rotatable bonds is 3. The molecule has 0 saturated carbocycles. The lowest BCUT2D eigenvalue weighted by molar-refractivity contribution is 0.395. The Labute approximate surface area is 135 Å². The summed E-state index contributed by atoms with van der Waals surface area (Å²) in [5.74, 6) is 1.56. The van der Waals surface area contributed by atoms with Crippen LogP contribution in [0.3, 0.4) is 0 Å². The molecular formula is C18H17BN2O2. The third kappa shape index (κ3) is 2.34. The van der Waals surface area contributed by atoms with Gasteiger partial charge in [0.1, 0.15) is 11.5 Å². The third-order valence-electron chi connectivity index (χ3n) is 4.21. The summed E-state index contributed by atoms with van der Waals surface area (Å²) in [6.45, 7) is -0.0421. The van der Waals surface area contributed by atoms with Gasteiger partial charge in [0.2, 0.25) is 0 Å². The highest BCUT2D eigenvalue weighted by Gasteiger charge is 2.26. The van der Waals surface area contributed by atoms with E-state index in [1.54, 1.807) is 14.2 Å². The first-order chi connectivity index (χ1) is 11.3. The van der Waals surface area contributed by atoms with Crippen molar-refractivity contribution in [1.29, 1.82) is 0 Å². The average molecular weight is 304 g/mol. The summed E-state index contributed by atoms with van der Waals surface area (Å²) in [7, 11) is 3.33. The van der Waals surface area contributed by atoms with E-state index in [4.69, 9.17) is 9.47 Å². The van der Waals surface area contributed by atoms with E-state index in [0.717, 1.165) is 28.3 Å². The van der Waals surface area contributed by atoms with Crippen molar-refractivity contribution in [1.82, 2.24) is 0 Å². The smallest absolute Gasteiger partial charge is 0.406 e. The minimum atomic E-state index is -0.0421. The number of anilines is 2. The lowest BCUT2D eigenvalue weighted by Gasteiger charge is -2.27. The molecule has 23 heavy (non-hydrogen) atoms. The van der Waals surface area contributed by atoms with Gasteiger partial charge >= 0.3 is 6.98 Å². The summed E-state index contributed by atoms with van der Waals surface area (Å²) in [4.78, 5) is 0. The standard InChI is InChI=1S/C18H17BN2O2/c1-22-14-9-13(10-15(11-14)23-2)19-20-16-7-3-5-12-6-4-8-17(21-19)18(12)16/h3-11,20-21H,1-2H3. The molecule has 5 heteroatoms. The molecule has 0 amide bonds. The second-order valence-electron chi connectivity index (χ2n) is 5.58. The minimum absolute atomic E-state index is 0.0421. The summed E-state index contributed by atoms with van der Waals surface area (Å²) < 4.78 is 10.8. The first kappa shape index (κ1) is 13.8. The molecule has 4 nitrogen and oxygen atoms in total. The molecule has 0 unspecified atom stereocenters. The SMILES string of the molecule is COc1cc(OC)cc(B2Nc3cccc4cccc(c34)N2)c1. The van der Waals surface area contributed by atoms with Crippen LogP contribution in [0.1, 0.15) is 0 Å². The van der Waals surface area contributed by atoms with Crippen LogP contribution in [0.2, 0.25) is 0 Å². The van der Waals surface area contributed by atoms with Crippen LogP contribution in [0.15, 0.2) is 54.6 Å². The van der Waals surface area contributed by atoms with Crippen LogP contribution in [0.5, 0.6) is 11.5 Å². The fourth-order valence-corrected chi connectivity index (χ4v) is 3.09. The van der Waals surface area contributed by atoms with Gasteiger partial charge in [-0.1, -0.05) is 24.3 Å². The summed E-state index contributed by atoms with van der Waals surface area (Å²) in [6.07, 6.45) is 0. The van der Waals surface area contributed by atoms with Gasteiger partial charge in [-0.15, -0.1) is 0 Å². The maximum atomic E-state index is 5.38. The highest BCUT2D eigenvalue weighted by Crippen LogP contribution is 2.34. The van der Waals surface area contributed by atoms with E-state index in [1.807, 2.05) is 18.2 Å². The quantitative estimate of drug-likeness (QED) is 0.730. The van der Waals surface area contributed by atoms with E-state index in [2.05, 4.69) is 46.9 Å². The normalized spacial score (nSPS) is 12.5. The molecule has 114 valence electrons. The van der Waals surface area contributed by atoms with Gasteiger partial charge in [-0.25, -0.2) is 0 Å². The van der Waals surface area contributed by atoms with Crippen LogP contribution < -0.4 is 25.4 Å². The molecular weight excluding hydrogens is 287 g/mol. The summed E-state index contributed by atoms with van der Waals surface area (Å²) in [5.41, 5.74) is 3.32. The highest BCUT2D eigenvalue weighted by molar-refractivity contribution is 6.80. The Balaban J connectivity index is 1.79. The second kappa shape index (κ2) is 5.43. The summed E-state index contributed by atoms with van der Waals surface area (Å²) in [5, 5.41) is 9.56. The zero-order valence-corrected chi connectivity index (χ0v) is 13.1. The number of ether oxygens (including phenoxy) is 2. The van der Waals surface area contributed by atoms with Crippen LogP contribution >= 0.6 is 0 Å². The molecule has 1 aliphatic rings. The Kier molecular flexibility index (Phi) is 3.26. The van der Waals surface area contributed by atoms with E-state index in [1.165, 1.54) is 10.8 Å².